The molecule has 0 atom stereocenters. The topological polar surface area (TPSA) is 87.0 Å². The summed E-state index contributed by atoms with van der Waals surface area (Å²) in [4.78, 5) is 7.56. The third kappa shape index (κ3) is 1.59. The second-order valence-electron chi connectivity index (χ2n) is 4.33. The molecule has 1 heterocycles. The number of H-pyrrole nitrogens is 1. The summed E-state index contributed by atoms with van der Waals surface area (Å²) in [7, 11) is 0. The molecule has 0 amide bonds. The maximum Gasteiger partial charge on any atom is 0.201 e. The molecule has 1 aliphatic rings. The van der Waals surface area contributed by atoms with Crippen LogP contribution in [-0.2, 0) is 0 Å². The van der Waals surface area contributed by atoms with E-state index in [-0.39, 0.29) is 6.10 Å². The van der Waals surface area contributed by atoms with Gasteiger partial charge in [0.2, 0.25) is 5.95 Å². The van der Waals surface area contributed by atoms with Crippen LogP contribution >= 0.6 is 0 Å². The molecule has 84 valence electrons. The highest BCUT2D eigenvalue weighted by molar-refractivity contribution is 5.80. The summed E-state index contributed by atoms with van der Waals surface area (Å²) in [6.07, 6.45) is 1.43. The number of aromatic amines is 1. The number of hydrogen-bond donors (Lipinski definition) is 4. The molecule has 5 heteroatoms. The van der Waals surface area contributed by atoms with Gasteiger partial charge in [-0.3, -0.25) is 0 Å². The van der Waals surface area contributed by atoms with Crippen LogP contribution in [0.15, 0.2) is 18.2 Å². The summed E-state index contributed by atoms with van der Waals surface area (Å²) in [5.74, 6) is 0.748. The van der Waals surface area contributed by atoms with Gasteiger partial charge in [0.1, 0.15) is 0 Å². The SMILES string of the molecule is Nc1ccc2nc(NC3CC(O)C3)[nH]c2c1. The summed E-state index contributed by atoms with van der Waals surface area (Å²) in [6.45, 7) is 0. The molecular formula is C11H14N4O. The van der Waals surface area contributed by atoms with Gasteiger partial charge in [0.05, 0.1) is 17.1 Å². The third-order valence-corrected chi connectivity index (χ3v) is 2.96. The van der Waals surface area contributed by atoms with Crippen molar-refractivity contribution in [3.63, 3.8) is 0 Å². The molecule has 1 saturated carbocycles. The van der Waals surface area contributed by atoms with Crippen molar-refractivity contribution in [2.24, 2.45) is 0 Å². The van der Waals surface area contributed by atoms with E-state index >= 15 is 0 Å². The molecule has 0 radical (unpaired) electrons. The highest BCUT2D eigenvalue weighted by Gasteiger charge is 2.27. The lowest BCUT2D eigenvalue weighted by molar-refractivity contribution is 0.0834. The molecule has 3 rings (SSSR count). The number of nitrogens with zero attached hydrogens (tertiary/aromatic N) is 1. The van der Waals surface area contributed by atoms with Crippen LogP contribution < -0.4 is 11.1 Å². The first-order valence-corrected chi connectivity index (χ1v) is 5.40. The van der Waals surface area contributed by atoms with E-state index in [1.807, 2.05) is 18.2 Å². The van der Waals surface area contributed by atoms with Crippen molar-refractivity contribution in [2.75, 3.05) is 11.1 Å². The van der Waals surface area contributed by atoms with Gasteiger partial charge < -0.3 is 21.1 Å². The largest absolute Gasteiger partial charge is 0.399 e. The standard InChI is InChI=1S/C11H14N4O/c12-6-1-2-9-10(3-6)15-11(14-9)13-7-4-8(16)5-7/h1-3,7-8,16H,4-5,12H2,(H2,13,14,15). The summed E-state index contributed by atoms with van der Waals surface area (Å²) < 4.78 is 0. The summed E-state index contributed by atoms with van der Waals surface area (Å²) in [5.41, 5.74) is 8.24. The molecule has 0 aliphatic heterocycles. The zero-order valence-corrected chi connectivity index (χ0v) is 8.77. The maximum atomic E-state index is 9.19. The van der Waals surface area contributed by atoms with Gasteiger partial charge in [-0.1, -0.05) is 0 Å². The molecule has 5 N–H and O–H groups in total. The number of imidazole rings is 1. The van der Waals surface area contributed by atoms with E-state index in [1.165, 1.54) is 0 Å². The average Bonchev–Trinajstić information content (AvgIpc) is 2.57. The van der Waals surface area contributed by atoms with Gasteiger partial charge in [-0.15, -0.1) is 0 Å². The van der Waals surface area contributed by atoms with E-state index in [1.54, 1.807) is 0 Å². The molecule has 5 nitrogen and oxygen atoms in total. The van der Waals surface area contributed by atoms with E-state index in [0.29, 0.717) is 6.04 Å². The minimum Gasteiger partial charge on any atom is -0.399 e. The summed E-state index contributed by atoms with van der Waals surface area (Å²) in [6, 6.07) is 5.92. The molecule has 1 fully saturated rings. The summed E-state index contributed by atoms with van der Waals surface area (Å²) >= 11 is 0. The van der Waals surface area contributed by atoms with Crippen LogP contribution in [-0.4, -0.2) is 27.2 Å². The highest BCUT2D eigenvalue weighted by atomic mass is 16.3. The number of aromatic nitrogens is 2. The first kappa shape index (κ1) is 9.47. The number of aliphatic hydroxyl groups is 1. The Morgan fingerprint density at radius 1 is 1.44 bits per heavy atom. The zero-order chi connectivity index (χ0) is 11.1. The van der Waals surface area contributed by atoms with E-state index in [0.717, 1.165) is 35.5 Å². The number of benzene rings is 1. The van der Waals surface area contributed by atoms with Gasteiger partial charge in [-0.25, -0.2) is 4.98 Å². The molecule has 0 unspecified atom stereocenters. The second kappa shape index (κ2) is 3.38. The van der Waals surface area contributed by atoms with Crippen molar-refractivity contribution in [1.29, 1.82) is 0 Å². The summed E-state index contributed by atoms with van der Waals surface area (Å²) in [5, 5.41) is 12.4. The van der Waals surface area contributed by atoms with Gasteiger partial charge in [0.15, 0.2) is 0 Å². The van der Waals surface area contributed by atoms with Crippen LogP contribution in [0.1, 0.15) is 12.8 Å². The van der Waals surface area contributed by atoms with E-state index in [9.17, 15) is 5.11 Å². The van der Waals surface area contributed by atoms with E-state index < -0.39 is 0 Å². The van der Waals surface area contributed by atoms with Gasteiger partial charge in [-0.2, -0.15) is 0 Å². The number of aliphatic hydroxyl groups excluding tert-OH is 1. The third-order valence-electron chi connectivity index (χ3n) is 2.96. The normalized spacial score (nSPS) is 24.3. The van der Waals surface area contributed by atoms with Crippen LogP contribution in [0.25, 0.3) is 11.0 Å². The van der Waals surface area contributed by atoms with Crippen LogP contribution in [0.5, 0.6) is 0 Å². The number of nitrogens with one attached hydrogen (secondary N) is 2. The molecule has 2 aromatic rings. The molecule has 0 spiro atoms. The number of hydrogen-bond acceptors (Lipinski definition) is 4. The lowest BCUT2D eigenvalue weighted by Crippen LogP contribution is -2.39. The van der Waals surface area contributed by atoms with Gasteiger partial charge in [0.25, 0.3) is 0 Å². The average molecular weight is 218 g/mol. The van der Waals surface area contributed by atoms with Crippen LogP contribution in [0.2, 0.25) is 0 Å². The second-order valence-corrected chi connectivity index (χ2v) is 4.33. The minimum absolute atomic E-state index is 0.155. The molecule has 1 aromatic heterocycles. The Labute approximate surface area is 92.7 Å². The van der Waals surface area contributed by atoms with Crippen LogP contribution in [0, 0.1) is 0 Å². The van der Waals surface area contributed by atoms with Crippen molar-refractivity contribution in [3.05, 3.63) is 18.2 Å². The van der Waals surface area contributed by atoms with Crippen molar-refractivity contribution >= 4 is 22.7 Å². The lowest BCUT2D eigenvalue weighted by Gasteiger charge is -2.31. The Morgan fingerprint density at radius 3 is 3.00 bits per heavy atom. The Balaban J connectivity index is 1.82. The number of nitrogens with two attached hydrogens (primary N) is 1. The first-order valence-electron chi connectivity index (χ1n) is 5.40. The lowest BCUT2D eigenvalue weighted by atomic mass is 9.90. The van der Waals surface area contributed by atoms with Crippen molar-refractivity contribution < 1.29 is 5.11 Å². The fourth-order valence-corrected chi connectivity index (χ4v) is 1.99. The Morgan fingerprint density at radius 2 is 2.25 bits per heavy atom. The molecule has 16 heavy (non-hydrogen) atoms. The molecule has 0 bridgehead atoms. The molecular weight excluding hydrogens is 204 g/mol. The smallest absolute Gasteiger partial charge is 0.201 e. The predicted molar refractivity (Wildman–Crippen MR) is 63.2 cm³/mol. The van der Waals surface area contributed by atoms with Crippen LogP contribution in [0.4, 0.5) is 11.6 Å². The van der Waals surface area contributed by atoms with Gasteiger partial charge in [0, 0.05) is 11.7 Å². The van der Waals surface area contributed by atoms with E-state index in [4.69, 9.17) is 5.73 Å². The van der Waals surface area contributed by atoms with Crippen LogP contribution in [0.3, 0.4) is 0 Å². The molecule has 1 aliphatic carbocycles. The van der Waals surface area contributed by atoms with Crippen molar-refractivity contribution in [1.82, 2.24) is 9.97 Å². The van der Waals surface area contributed by atoms with Crippen molar-refractivity contribution in [3.8, 4) is 0 Å². The first-order chi connectivity index (χ1) is 7.70. The fraction of sp³-hybridized carbons (Fsp3) is 0.364. The van der Waals surface area contributed by atoms with E-state index in [2.05, 4.69) is 15.3 Å². The zero-order valence-electron chi connectivity index (χ0n) is 8.77. The molecule has 1 aromatic carbocycles. The Bertz CT molecular complexity index is 516. The highest BCUT2D eigenvalue weighted by Crippen LogP contribution is 2.24. The number of rotatable bonds is 2. The molecule has 0 saturated heterocycles. The monoisotopic (exact) mass is 218 g/mol. The number of nitrogen functional groups attached to an aromatic ring is 1. The quantitative estimate of drug-likeness (QED) is 0.568. The Kier molecular flexibility index (Phi) is 2.00. The number of anilines is 2. The van der Waals surface area contributed by atoms with Gasteiger partial charge >= 0.3 is 0 Å². The minimum atomic E-state index is -0.155. The number of fused-ring (bicyclic) bond motifs is 1. The fourth-order valence-electron chi connectivity index (χ4n) is 1.99. The Hall–Kier alpha value is -1.75. The maximum absolute atomic E-state index is 9.19. The van der Waals surface area contributed by atoms with Gasteiger partial charge in [-0.05, 0) is 31.0 Å². The predicted octanol–water partition coefficient (Wildman–Crippen LogP) is 1.08. The van der Waals surface area contributed by atoms with Crippen molar-refractivity contribution in [2.45, 2.75) is 25.0 Å².